The Balaban J connectivity index is 2.18. The molecule has 1 aromatic heterocycles. The molecular weight excluding hydrogens is 587 g/mol. The molecule has 1 unspecified atom stereocenters. The van der Waals surface area contributed by atoms with Gasteiger partial charge in [0.05, 0.1) is 11.8 Å². The van der Waals surface area contributed by atoms with E-state index in [0.29, 0.717) is 5.56 Å². The molecule has 1 N–H and O–H groups in total. The molecule has 2 aromatic rings. The molecule has 0 fully saturated rings. The van der Waals surface area contributed by atoms with E-state index in [1.54, 1.807) is 12.1 Å². The summed E-state index contributed by atoms with van der Waals surface area (Å²) in [5, 5.41) is 11.7. The van der Waals surface area contributed by atoms with E-state index in [1.165, 1.54) is 12.1 Å². The lowest BCUT2D eigenvalue weighted by Crippen LogP contribution is -2.44. The van der Waals surface area contributed by atoms with Crippen LogP contribution in [-0.2, 0) is 16.8 Å². The summed E-state index contributed by atoms with van der Waals surface area (Å²) >= 11 is 2.36. The van der Waals surface area contributed by atoms with Crippen molar-refractivity contribution < 1.29 is 18.3 Å². The fraction of sp³-hybridized carbons (Fsp3) is 0.621. The zero-order valence-electron chi connectivity index (χ0n) is 23.4. The highest BCUT2D eigenvalue weighted by Gasteiger charge is 2.44. The van der Waals surface area contributed by atoms with Crippen LogP contribution in [-0.4, -0.2) is 18.4 Å². The van der Waals surface area contributed by atoms with E-state index in [9.17, 15) is 13.9 Å². The number of hydrogen-bond donors (Lipinski definition) is 1. The molecule has 1 aliphatic rings. The Morgan fingerprint density at radius 3 is 2.14 bits per heavy atom. The summed E-state index contributed by atoms with van der Waals surface area (Å²) in [5.41, 5.74) is 4.35. The van der Waals surface area contributed by atoms with Gasteiger partial charge in [0.25, 0.3) is 5.92 Å². The Morgan fingerprint density at radius 2 is 1.67 bits per heavy atom. The predicted octanol–water partition coefficient (Wildman–Crippen LogP) is 9.04. The summed E-state index contributed by atoms with van der Waals surface area (Å²) < 4.78 is 35.5. The Morgan fingerprint density at radius 1 is 1.11 bits per heavy atom. The van der Waals surface area contributed by atoms with E-state index >= 15 is 0 Å². The monoisotopic (exact) mass is 629 g/mol. The maximum atomic E-state index is 13.8. The van der Waals surface area contributed by atoms with Crippen LogP contribution in [0.1, 0.15) is 114 Å². The number of pyridine rings is 1. The van der Waals surface area contributed by atoms with Crippen molar-refractivity contribution in [2.75, 3.05) is 0 Å². The molecule has 3 nitrogen and oxygen atoms in total. The quantitative estimate of drug-likeness (QED) is 0.256. The zero-order chi connectivity index (χ0) is 27.4. The van der Waals surface area contributed by atoms with Gasteiger partial charge in [-0.15, -0.1) is 0 Å². The molecule has 0 radical (unpaired) electrons. The smallest absolute Gasteiger partial charge is 0.270 e. The van der Waals surface area contributed by atoms with Gasteiger partial charge in [-0.3, -0.25) is 4.98 Å². The molecule has 0 amide bonds. The van der Waals surface area contributed by atoms with Gasteiger partial charge in [-0.05, 0) is 70.5 Å². The van der Waals surface area contributed by atoms with E-state index in [-0.39, 0.29) is 28.0 Å². The summed E-state index contributed by atoms with van der Waals surface area (Å²) in [7, 11) is -2.08. The van der Waals surface area contributed by atoms with E-state index in [4.69, 9.17) is 9.41 Å². The van der Waals surface area contributed by atoms with Crippen molar-refractivity contribution in [3.63, 3.8) is 0 Å². The van der Waals surface area contributed by atoms with Gasteiger partial charge in [-0.25, -0.2) is 8.78 Å². The lowest BCUT2D eigenvalue weighted by molar-refractivity contribution is 0.0174. The molecule has 1 aliphatic carbocycles. The number of aliphatic hydroxyl groups excluding tert-OH is 1. The van der Waals surface area contributed by atoms with Gasteiger partial charge in [0, 0.05) is 32.9 Å². The van der Waals surface area contributed by atoms with Crippen LogP contribution in [0.3, 0.4) is 0 Å². The maximum absolute atomic E-state index is 13.8. The lowest BCUT2D eigenvalue weighted by atomic mass is 9.74. The second-order valence-corrected chi connectivity index (χ2v) is 18.9. The second kappa shape index (κ2) is 10.0. The van der Waals surface area contributed by atoms with Gasteiger partial charge in [-0.2, -0.15) is 0 Å². The van der Waals surface area contributed by atoms with Crippen molar-refractivity contribution in [1.29, 1.82) is 0 Å². The molecular formula is C29H42F2INO2Si. The molecule has 7 heteroatoms. The van der Waals surface area contributed by atoms with Gasteiger partial charge in [-0.1, -0.05) is 72.7 Å². The van der Waals surface area contributed by atoms with Crippen LogP contribution in [0.25, 0.3) is 0 Å². The SMILES string of the molecule is CC(C)c1nc2c(c(I)c1[C@H](O)c1ccc(C(C)(F)F)cc1)C(O[Si](C)(C)C(C)(C)C)CC(C)(C)C2. The first-order chi connectivity index (χ1) is 16.2. The first-order valence-corrected chi connectivity index (χ1v) is 16.8. The highest BCUT2D eigenvalue weighted by molar-refractivity contribution is 14.1. The summed E-state index contributed by atoms with van der Waals surface area (Å²) in [6, 6.07) is 6.00. The molecule has 36 heavy (non-hydrogen) atoms. The minimum atomic E-state index is -2.92. The van der Waals surface area contributed by atoms with Gasteiger partial charge in [0.15, 0.2) is 8.32 Å². The standard InChI is InChI=1S/C29H42F2INO2Si/c1-17(2)25-23(26(34)18-11-13-19(14-12-18)29(8,30)31)24(32)22-20(33-25)15-28(6,7)16-21(22)35-36(9,10)27(3,4)5/h11-14,17,21,26,34H,15-16H2,1-10H3/t21?,26-/m1/s1. The van der Waals surface area contributed by atoms with Crippen LogP contribution >= 0.6 is 22.6 Å². The lowest BCUT2D eigenvalue weighted by Gasteiger charge is -2.44. The first kappa shape index (κ1) is 29.6. The van der Waals surface area contributed by atoms with Gasteiger partial charge in [0.1, 0.15) is 6.10 Å². The number of nitrogens with zero attached hydrogens (tertiary/aromatic N) is 1. The molecule has 0 aliphatic heterocycles. The fourth-order valence-corrected chi connectivity index (χ4v) is 7.20. The minimum Gasteiger partial charge on any atom is -0.410 e. The number of benzene rings is 1. The summed E-state index contributed by atoms with van der Waals surface area (Å²) in [6.07, 6.45) is 0.681. The number of halogens is 3. The molecule has 0 spiro atoms. The molecule has 0 bridgehead atoms. The zero-order valence-corrected chi connectivity index (χ0v) is 26.5. The van der Waals surface area contributed by atoms with Crippen molar-refractivity contribution >= 4 is 30.9 Å². The van der Waals surface area contributed by atoms with E-state index < -0.39 is 20.3 Å². The number of fused-ring (bicyclic) bond motifs is 1. The third kappa shape index (κ3) is 6.05. The topological polar surface area (TPSA) is 42.4 Å². The fourth-order valence-electron chi connectivity index (χ4n) is 4.70. The largest absolute Gasteiger partial charge is 0.410 e. The molecule has 1 aromatic carbocycles. The Labute approximate surface area is 230 Å². The summed E-state index contributed by atoms with van der Waals surface area (Å²) in [4.78, 5) is 5.17. The number of rotatable bonds is 6. The van der Waals surface area contributed by atoms with Crippen LogP contribution < -0.4 is 0 Å². The third-order valence-corrected chi connectivity index (χ3v) is 13.5. The Hall–Kier alpha value is -0.903. The van der Waals surface area contributed by atoms with Crippen molar-refractivity contribution in [3.8, 4) is 0 Å². The predicted molar refractivity (Wildman–Crippen MR) is 154 cm³/mol. The third-order valence-electron chi connectivity index (χ3n) is 7.82. The van der Waals surface area contributed by atoms with Crippen LogP contribution in [0.2, 0.25) is 18.1 Å². The number of alkyl halides is 2. The molecule has 3 rings (SSSR count). The van der Waals surface area contributed by atoms with Gasteiger partial charge < -0.3 is 9.53 Å². The first-order valence-electron chi connectivity index (χ1n) is 12.8. The highest BCUT2D eigenvalue weighted by Crippen LogP contribution is 2.50. The van der Waals surface area contributed by atoms with E-state index in [2.05, 4.69) is 84.2 Å². The van der Waals surface area contributed by atoms with Gasteiger partial charge in [0.2, 0.25) is 0 Å². The number of aromatic nitrogens is 1. The van der Waals surface area contributed by atoms with Crippen molar-refractivity contribution in [2.45, 2.75) is 110 Å². The van der Waals surface area contributed by atoms with Crippen molar-refractivity contribution in [1.82, 2.24) is 4.98 Å². The van der Waals surface area contributed by atoms with E-state index in [1.807, 2.05) is 0 Å². The number of aliphatic hydroxyl groups is 1. The average molecular weight is 630 g/mol. The van der Waals surface area contributed by atoms with Crippen molar-refractivity contribution in [3.05, 3.63) is 61.5 Å². The van der Waals surface area contributed by atoms with Crippen LogP contribution in [0.4, 0.5) is 8.78 Å². The van der Waals surface area contributed by atoms with Crippen molar-refractivity contribution in [2.24, 2.45) is 5.41 Å². The molecule has 1 heterocycles. The molecule has 0 saturated heterocycles. The van der Waals surface area contributed by atoms with Gasteiger partial charge >= 0.3 is 0 Å². The summed E-state index contributed by atoms with van der Waals surface area (Å²) in [5.74, 6) is -2.83. The summed E-state index contributed by atoms with van der Waals surface area (Å²) in [6.45, 7) is 20.9. The Kier molecular flexibility index (Phi) is 8.24. The van der Waals surface area contributed by atoms with Crippen LogP contribution in [0.15, 0.2) is 24.3 Å². The molecule has 0 saturated carbocycles. The van der Waals surface area contributed by atoms with E-state index in [0.717, 1.165) is 45.9 Å². The maximum Gasteiger partial charge on any atom is 0.270 e. The molecule has 2 atom stereocenters. The van der Waals surface area contributed by atoms with Crippen LogP contribution in [0, 0.1) is 8.99 Å². The normalized spacial score (nSPS) is 19.4. The average Bonchev–Trinajstić information content (AvgIpc) is 2.70. The highest BCUT2D eigenvalue weighted by atomic mass is 127. The number of hydrogen-bond acceptors (Lipinski definition) is 3. The Bertz CT molecular complexity index is 1100. The van der Waals surface area contributed by atoms with Crippen LogP contribution in [0.5, 0.6) is 0 Å². The minimum absolute atomic E-state index is 0.0473. The second-order valence-electron chi connectivity index (χ2n) is 13.1. The molecule has 200 valence electrons.